The Morgan fingerprint density at radius 2 is 1.76 bits per heavy atom. The molecule has 1 aromatic heterocycles. The first-order valence-electron chi connectivity index (χ1n) is 10.9. The SMILES string of the molecule is COc1ccc(OC)c(NC(=O)N2Cc3ccccc3-n3cccc3[C@@H]2c2ccccc2Cl)c1. The molecule has 34 heavy (non-hydrogen) atoms. The van der Waals surface area contributed by atoms with Crippen LogP contribution in [0.5, 0.6) is 11.5 Å². The largest absolute Gasteiger partial charge is 0.497 e. The lowest BCUT2D eigenvalue weighted by atomic mass is 10.0. The Morgan fingerprint density at radius 3 is 2.56 bits per heavy atom. The lowest BCUT2D eigenvalue weighted by Gasteiger charge is -2.31. The van der Waals surface area contributed by atoms with Crippen LogP contribution in [0.15, 0.2) is 85.1 Å². The number of fused-ring (bicyclic) bond motifs is 3. The number of nitrogens with one attached hydrogen (secondary N) is 1. The average molecular weight is 474 g/mol. The van der Waals surface area contributed by atoms with Crippen molar-refractivity contribution >= 4 is 23.3 Å². The highest BCUT2D eigenvalue weighted by atomic mass is 35.5. The third-order valence-corrected chi connectivity index (χ3v) is 6.42. The normalized spacial score (nSPS) is 14.6. The van der Waals surface area contributed by atoms with Crippen LogP contribution in [0.3, 0.4) is 0 Å². The van der Waals surface area contributed by atoms with Crippen molar-refractivity contribution in [2.24, 2.45) is 0 Å². The summed E-state index contributed by atoms with van der Waals surface area (Å²) in [6.45, 7) is 0.395. The molecule has 1 aliphatic rings. The number of urea groups is 1. The molecular weight excluding hydrogens is 450 g/mol. The fourth-order valence-electron chi connectivity index (χ4n) is 4.46. The summed E-state index contributed by atoms with van der Waals surface area (Å²) < 4.78 is 13.0. The van der Waals surface area contributed by atoms with E-state index in [1.165, 1.54) is 0 Å². The lowest BCUT2D eigenvalue weighted by Crippen LogP contribution is -2.38. The van der Waals surface area contributed by atoms with Gasteiger partial charge in [0.25, 0.3) is 0 Å². The number of anilines is 1. The van der Waals surface area contributed by atoms with Gasteiger partial charge in [-0.2, -0.15) is 0 Å². The summed E-state index contributed by atoms with van der Waals surface area (Å²) in [6.07, 6.45) is 2.02. The van der Waals surface area contributed by atoms with E-state index in [9.17, 15) is 4.79 Å². The monoisotopic (exact) mass is 473 g/mol. The number of halogens is 1. The molecule has 2 amide bonds. The highest BCUT2D eigenvalue weighted by molar-refractivity contribution is 6.31. The summed E-state index contributed by atoms with van der Waals surface area (Å²) in [6, 6.07) is 24.4. The van der Waals surface area contributed by atoms with Gasteiger partial charge in [0.2, 0.25) is 0 Å². The summed E-state index contributed by atoms with van der Waals surface area (Å²) in [5, 5.41) is 3.64. The molecule has 3 aromatic carbocycles. The number of carbonyl (C=O) groups is 1. The third-order valence-electron chi connectivity index (χ3n) is 6.07. The standard InChI is InChI=1S/C27H24ClN3O3/c1-33-19-13-14-25(34-2)22(16-19)29-27(32)31-17-18-8-3-6-11-23(18)30-15-7-12-24(30)26(31)20-9-4-5-10-21(20)28/h3-16,26H,17H2,1-2H3,(H,29,32)/t26-/m0/s1. The molecule has 0 aliphatic carbocycles. The van der Waals surface area contributed by atoms with Gasteiger partial charge < -0.3 is 24.3 Å². The Kier molecular flexibility index (Phi) is 5.90. The van der Waals surface area contributed by atoms with Crippen LogP contribution in [0.25, 0.3) is 5.69 Å². The Hall–Kier alpha value is -3.90. The van der Waals surface area contributed by atoms with Gasteiger partial charge in [-0.05, 0) is 47.5 Å². The quantitative estimate of drug-likeness (QED) is 0.379. The second-order valence-corrected chi connectivity index (χ2v) is 8.39. The first-order valence-corrected chi connectivity index (χ1v) is 11.3. The Morgan fingerprint density at radius 1 is 0.971 bits per heavy atom. The number of aromatic nitrogens is 1. The predicted molar refractivity (Wildman–Crippen MR) is 133 cm³/mol. The van der Waals surface area contributed by atoms with Crippen LogP contribution >= 0.6 is 11.6 Å². The highest BCUT2D eigenvalue weighted by Crippen LogP contribution is 2.40. The van der Waals surface area contributed by atoms with Gasteiger partial charge in [0, 0.05) is 17.3 Å². The lowest BCUT2D eigenvalue weighted by molar-refractivity contribution is 0.194. The van der Waals surface area contributed by atoms with E-state index in [2.05, 4.69) is 16.0 Å². The molecule has 5 rings (SSSR count). The minimum absolute atomic E-state index is 0.277. The number of hydrogen-bond acceptors (Lipinski definition) is 3. The minimum atomic E-state index is -0.410. The Balaban J connectivity index is 1.64. The smallest absolute Gasteiger partial charge is 0.323 e. The maximum Gasteiger partial charge on any atom is 0.323 e. The molecule has 1 aliphatic heterocycles. The third kappa shape index (κ3) is 3.86. The van der Waals surface area contributed by atoms with Crippen molar-refractivity contribution in [3.05, 3.63) is 107 Å². The zero-order valence-corrected chi connectivity index (χ0v) is 19.6. The maximum absolute atomic E-state index is 13.9. The zero-order chi connectivity index (χ0) is 23.7. The van der Waals surface area contributed by atoms with Crippen molar-refractivity contribution in [2.45, 2.75) is 12.6 Å². The molecule has 6 nitrogen and oxygen atoms in total. The number of hydrogen-bond donors (Lipinski definition) is 1. The van der Waals surface area contributed by atoms with Crippen molar-refractivity contribution in [1.29, 1.82) is 0 Å². The number of para-hydroxylation sites is 1. The van der Waals surface area contributed by atoms with E-state index in [1.54, 1.807) is 37.3 Å². The van der Waals surface area contributed by atoms with Gasteiger partial charge in [0.05, 0.1) is 37.8 Å². The van der Waals surface area contributed by atoms with Crippen molar-refractivity contribution in [3.63, 3.8) is 0 Å². The molecule has 0 saturated carbocycles. The minimum Gasteiger partial charge on any atom is -0.497 e. The van der Waals surface area contributed by atoms with Crippen LogP contribution in [0.4, 0.5) is 10.5 Å². The topological polar surface area (TPSA) is 55.7 Å². The number of rotatable bonds is 4. The van der Waals surface area contributed by atoms with Gasteiger partial charge in [0.15, 0.2) is 0 Å². The highest BCUT2D eigenvalue weighted by Gasteiger charge is 2.34. The summed E-state index contributed by atoms with van der Waals surface area (Å²) in [5.41, 5.74) is 4.39. The van der Waals surface area contributed by atoms with Gasteiger partial charge in [-0.15, -0.1) is 0 Å². The molecule has 1 N–H and O–H groups in total. The van der Waals surface area contributed by atoms with E-state index in [0.717, 1.165) is 22.5 Å². The predicted octanol–water partition coefficient (Wildman–Crippen LogP) is 6.29. The number of amides is 2. The fourth-order valence-corrected chi connectivity index (χ4v) is 4.70. The number of methoxy groups -OCH3 is 2. The number of ether oxygens (including phenoxy) is 2. The van der Waals surface area contributed by atoms with Gasteiger partial charge in [-0.1, -0.05) is 48.0 Å². The van der Waals surface area contributed by atoms with Gasteiger partial charge in [-0.25, -0.2) is 4.79 Å². The molecule has 0 bridgehead atoms. The maximum atomic E-state index is 13.9. The van der Waals surface area contributed by atoms with Crippen molar-refractivity contribution in [1.82, 2.24) is 9.47 Å². The zero-order valence-electron chi connectivity index (χ0n) is 18.9. The van der Waals surface area contributed by atoms with Crippen LogP contribution in [-0.2, 0) is 6.54 Å². The van der Waals surface area contributed by atoms with Crippen molar-refractivity contribution < 1.29 is 14.3 Å². The van der Waals surface area contributed by atoms with E-state index in [-0.39, 0.29) is 6.03 Å². The van der Waals surface area contributed by atoms with Crippen LogP contribution in [0.1, 0.15) is 22.9 Å². The van der Waals surface area contributed by atoms with E-state index in [1.807, 2.05) is 60.8 Å². The van der Waals surface area contributed by atoms with Gasteiger partial charge in [0.1, 0.15) is 17.5 Å². The van der Waals surface area contributed by atoms with Crippen LogP contribution in [0.2, 0.25) is 5.02 Å². The van der Waals surface area contributed by atoms with Crippen LogP contribution in [0, 0.1) is 0 Å². The van der Waals surface area contributed by atoms with Crippen molar-refractivity contribution in [3.8, 4) is 17.2 Å². The van der Waals surface area contributed by atoms with Gasteiger partial charge in [-0.3, -0.25) is 0 Å². The summed E-state index contributed by atoms with van der Waals surface area (Å²) in [4.78, 5) is 15.7. The molecule has 0 spiro atoms. The van der Waals surface area contributed by atoms with E-state index in [0.29, 0.717) is 28.8 Å². The second kappa shape index (κ2) is 9.15. The molecule has 1 atom stereocenters. The molecular formula is C27H24ClN3O3. The van der Waals surface area contributed by atoms with Crippen molar-refractivity contribution in [2.75, 3.05) is 19.5 Å². The Bertz CT molecular complexity index is 1350. The molecule has 7 heteroatoms. The van der Waals surface area contributed by atoms with E-state index < -0.39 is 6.04 Å². The Labute approximate surface area is 203 Å². The summed E-state index contributed by atoms with van der Waals surface area (Å²) in [5.74, 6) is 1.16. The van der Waals surface area contributed by atoms with E-state index >= 15 is 0 Å². The van der Waals surface area contributed by atoms with Gasteiger partial charge >= 0.3 is 6.03 Å². The summed E-state index contributed by atoms with van der Waals surface area (Å²) in [7, 11) is 3.15. The molecule has 0 fully saturated rings. The fraction of sp³-hybridized carbons (Fsp3) is 0.148. The second-order valence-electron chi connectivity index (χ2n) is 7.98. The molecule has 4 aromatic rings. The first kappa shape index (κ1) is 21.9. The summed E-state index contributed by atoms with van der Waals surface area (Å²) >= 11 is 6.67. The first-order chi connectivity index (χ1) is 16.6. The molecule has 172 valence electrons. The number of nitrogens with zero attached hydrogens (tertiary/aromatic N) is 2. The molecule has 0 saturated heterocycles. The van der Waals surface area contributed by atoms with E-state index in [4.69, 9.17) is 21.1 Å². The average Bonchev–Trinajstić information content (AvgIpc) is 3.29. The molecule has 0 unspecified atom stereocenters. The molecule has 0 radical (unpaired) electrons. The number of benzene rings is 3. The van der Waals surface area contributed by atoms with Crippen LogP contribution < -0.4 is 14.8 Å². The van der Waals surface area contributed by atoms with Crippen LogP contribution in [-0.4, -0.2) is 29.7 Å². The molecule has 2 heterocycles. The number of carbonyl (C=O) groups excluding carboxylic acids is 1.